The standard InChI is InChI=1S/2Ba.3O.2Sc.4H/q2*+2;3*-2;2*+3;4*-1. The van der Waals surface area contributed by atoms with Gasteiger partial charge in [-0.25, -0.2) is 0 Å². The number of hydrogen-bond acceptors (Lipinski definition) is 0. The summed E-state index contributed by atoms with van der Waals surface area (Å²) < 4.78 is 0. The van der Waals surface area contributed by atoms with E-state index in [1.165, 1.54) is 0 Å². The maximum absolute atomic E-state index is 0. The average molecular weight is 417 g/mol. The summed E-state index contributed by atoms with van der Waals surface area (Å²) in [4.78, 5) is 0. The molecule has 0 saturated heterocycles. The van der Waals surface area contributed by atoms with Crippen molar-refractivity contribution >= 4 is 97.8 Å². The summed E-state index contributed by atoms with van der Waals surface area (Å²) in [6, 6.07) is 0. The molecule has 0 spiro atoms. The molecule has 0 rings (SSSR count). The van der Waals surface area contributed by atoms with E-state index in [0.717, 1.165) is 0 Å². The molecule has 0 aromatic heterocycles. The molecule has 3 nitrogen and oxygen atoms in total. The quantitative estimate of drug-likeness (QED) is 0.469. The molecule has 0 atom stereocenters. The van der Waals surface area contributed by atoms with Crippen LogP contribution in [0.25, 0.3) is 0 Å². The Labute approximate surface area is 167 Å². The van der Waals surface area contributed by atoms with Crippen molar-refractivity contribution in [2.75, 3.05) is 0 Å². The number of rotatable bonds is 0. The van der Waals surface area contributed by atoms with E-state index in [4.69, 9.17) is 0 Å². The molecule has 7 heavy (non-hydrogen) atoms. The molecule has 0 amide bonds. The summed E-state index contributed by atoms with van der Waals surface area (Å²) >= 11 is 0. The minimum absolute atomic E-state index is 0. The van der Waals surface area contributed by atoms with Crippen molar-refractivity contribution in [3.05, 3.63) is 0 Å². The second-order valence-corrected chi connectivity index (χ2v) is 0. The van der Waals surface area contributed by atoms with Crippen LogP contribution in [0, 0.1) is 0 Å². The molecule has 7 heteroatoms. The first-order chi connectivity index (χ1) is 0. The molecule has 0 aliphatic rings. The molecule has 0 radical (unpaired) electrons. The van der Waals surface area contributed by atoms with Gasteiger partial charge in [-0.3, -0.25) is 0 Å². The number of hydrogen-bond donors (Lipinski definition) is 0. The van der Waals surface area contributed by atoms with Crippen molar-refractivity contribution in [2.24, 2.45) is 0 Å². The molecule has 0 fully saturated rings. The Kier molecular flexibility index (Phi) is 388. The molecule has 0 aromatic rings. The van der Waals surface area contributed by atoms with Gasteiger partial charge in [-0.2, -0.15) is 0 Å². The van der Waals surface area contributed by atoms with Crippen LogP contribution in [-0.4, -0.2) is 97.8 Å². The maximum Gasteiger partial charge on any atom is 3.00 e. The minimum Gasteiger partial charge on any atom is -2.00 e. The van der Waals surface area contributed by atoms with Gasteiger partial charge in [0.05, 0.1) is 0 Å². The van der Waals surface area contributed by atoms with Crippen molar-refractivity contribution in [1.29, 1.82) is 0 Å². The Balaban J connectivity index is 0. The van der Waals surface area contributed by atoms with Gasteiger partial charge in [-0.15, -0.1) is 0 Å². The molecule has 0 aromatic carbocycles. The summed E-state index contributed by atoms with van der Waals surface area (Å²) in [5.74, 6) is 0. The maximum atomic E-state index is 0. The van der Waals surface area contributed by atoms with Crippen molar-refractivity contribution in [2.45, 2.75) is 0 Å². The summed E-state index contributed by atoms with van der Waals surface area (Å²) in [7, 11) is 0. The summed E-state index contributed by atoms with van der Waals surface area (Å²) in [5, 5.41) is 0. The zero-order chi connectivity index (χ0) is 0. The summed E-state index contributed by atoms with van der Waals surface area (Å²) in [5.41, 5.74) is 0. The van der Waals surface area contributed by atoms with Gasteiger partial charge in [0, 0.05) is 0 Å². The van der Waals surface area contributed by atoms with E-state index in [1.807, 2.05) is 0 Å². The van der Waals surface area contributed by atoms with E-state index in [9.17, 15) is 0 Å². The Bertz CT molecular complexity index is 21.3. The normalized spacial score (nSPS) is 0. The van der Waals surface area contributed by atoms with Crippen LogP contribution in [-0.2, 0) is 68.1 Å². The van der Waals surface area contributed by atoms with Crippen LogP contribution in [0.2, 0.25) is 0 Å². The monoisotopic (exact) mass is 418 g/mol. The van der Waals surface area contributed by atoms with E-state index >= 15 is 0 Å². The van der Waals surface area contributed by atoms with Crippen LogP contribution in [0.3, 0.4) is 0 Å². The van der Waals surface area contributed by atoms with Crippen LogP contribution in [0.5, 0.6) is 0 Å². The van der Waals surface area contributed by atoms with Gasteiger partial charge >= 0.3 is 149 Å². The fourth-order valence-electron chi connectivity index (χ4n) is 0. The van der Waals surface area contributed by atoms with Gasteiger partial charge in [-0.05, 0) is 0 Å². The fourth-order valence-corrected chi connectivity index (χ4v) is 0. The largest absolute Gasteiger partial charge is 3.00 e. The van der Waals surface area contributed by atoms with E-state index in [0.29, 0.717) is 0 Å². The molecule has 0 aliphatic heterocycles. The van der Waals surface area contributed by atoms with E-state index in [1.54, 1.807) is 0 Å². The minimum atomic E-state index is 0. The predicted molar refractivity (Wildman–Crippen MR) is 18.0 cm³/mol. The third-order valence-corrected chi connectivity index (χ3v) is 0. The summed E-state index contributed by atoms with van der Waals surface area (Å²) in [6.45, 7) is 0. The summed E-state index contributed by atoms with van der Waals surface area (Å²) in [6.07, 6.45) is 0. The van der Waals surface area contributed by atoms with Crippen molar-refractivity contribution < 1.29 is 73.8 Å². The Hall–Kier alpha value is 4.76. The molecule has 0 aliphatic carbocycles. The van der Waals surface area contributed by atoms with E-state index in [-0.39, 0.29) is 172 Å². The molecular weight excluding hydrogens is 413 g/mol. The first-order valence-corrected chi connectivity index (χ1v) is 0. The van der Waals surface area contributed by atoms with E-state index in [2.05, 4.69) is 0 Å². The third-order valence-electron chi connectivity index (χ3n) is 0. The van der Waals surface area contributed by atoms with Gasteiger partial charge in [0.2, 0.25) is 0 Å². The smallest absolute Gasteiger partial charge is 2.00 e. The zero-order valence-electron chi connectivity index (χ0n) is 7.79. The third kappa shape index (κ3) is 36.4. The second-order valence-electron chi connectivity index (χ2n) is 0. The molecular formula is H4Ba2O3Sc2. The van der Waals surface area contributed by atoms with Crippen molar-refractivity contribution in [3.63, 3.8) is 0 Å². The van der Waals surface area contributed by atoms with Crippen LogP contribution in [0.4, 0.5) is 0 Å². The Morgan fingerprint density at radius 3 is 0.571 bits per heavy atom. The molecule has 0 heterocycles. The second kappa shape index (κ2) is 45.2. The van der Waals surface area contributed by atoms with Crippen LogP contribution in [0.1, 0.15) is 5.71 Å². The van der Waals surface area contributed by atoms with Crippen LogP contribution >= 0.6 is 0 Å². The van der Waals surface area contributed by atoms with Crippen LogP contribution < -0.4 is 0 Å². The molecule has 0 N–H and O–H groups in total. The molecule has 0 unspecified atom stereocenters. The van der Waals surface area contributed by atoms with Gasteiger partial charge in [0.15, 0.2) is 0 Å². The molecule has 0 bridgehead atoms. The van der Waals surface area contributed by atoms with Gasteiger partial charge in [0.1, 0.15) is 0 Å². The molecule has 0 saturated carbocycles. The van der Waals surface area contributed by atoms with Gasteiger partial charge in [0.25, 0.3) is 0 Å². The predicted octanol–water partition coefficient (Wildman–Crippen LogP) is -0.673. The van der Waals surface area contributed by atoms with Crippen molar-refractivity contribution in [1.82, 2.24) is 0 Å². The fraction of sp³-hybridized carbons (Fsp3) is 0. The SMILES string of the molecule is [Ba+2].[Ba+2].[H-].[H-].[H-].[H-].[O-2].[O-2].[O-2].[Sc+3].[Sc+3]. The van der Waals surface area contributed by atoms with E-state index < -0.39 is 0 Å². The van der Waals surface area contributed by atoms with Gasteiger partial charge in [-0.1, -0.05) is 0 Å². The topological polar surface area (TPSA) is 85.5 Å². The van der Waals surface area contributed by atoms with Crippen molar-refractivity contribution in [3.8, 4) is 0 Å². The first-order valence-electron chi connectivity index (χ1n) is 0. The molecule has 32 valence electrons. The van der Waals surface area contributed by atoms with Gasteiger partial charge < -0.3 is 22.1 Å². The first kappa shape index (κ1) is 60.1. The van der Waals surface area contributed by atoms with Crippen LogP contribution in [0.15, 0.2) is 0 Å². The zero-order valence-corrected chi connectivity index (χ0v) is 16.3. The Morgan fingerprint density at radius 2 is 0.571 bits per heavy atom. The Morgan fingerprint density at radius 1 is 0.571 bits per heavy atom. The average Bonchev–Trinajstić information content (AvgIpc) is 0.